The lowest BCUT2D eigenvalue weighted by molar-refractivity contribution is -0.142. The third kappa shape index (κ3) is 8.91. The Morgan fingerprint density at radius 1 is 0.733 bits per heavy atom. The Balaban J connectivity index is 1.62. The lowest BCUT2D eigenvalue weighted by atomic mass is 10.0. The van der Waals surface area contributed by atoms with Crippen molar-refractivity contribution in [3.8, 4) is 5.75 Å². The molecule has 3 amide bonds. The Labute approximate surface area is 259 Å². The molecule has 9 N–H and O–H groups in total. The van der Waals surface area contributed by atoms with Gasteiger partial charge in [-0.15, -0.1) is 0 Å². The van der Waals surface area contributed by atoms with Crippen molar-refractivity contribution >= 4 is 34.6 Å². The van der Waals surface area contributed by atoms with E-state index in [1.807, 2.05) is 24.3 Å². The number of phenolic OH excluding ortho intramolecular Hbond substituents is 1. The number of hydrogen-bond donors (Lipinski definition) is 8. The maximum atomic E-state index is 13.8. The molecule has 5 atom stereocenters. The summed E-state index contributed by atoms with van der Waals surface area (Å²) < 4.78 is 0. The van der Waals surface area contributed by atoms with Crippen LogP contribution >= 0.6 is 0 Å². The fraction of sp³-hybridized carbons (Fsp3) is 0.273. The normalized spacial score (nSPS) is 14.5. The second-order valence-electron chi connectivity index (χ2n) is 10.9. The zero-order valence-electron chi connectivity index (χ0n) is 24.6. The second kappa shape index (κ2) is 15.0. The van der Waals surface area contributed by atoms with Crippen LogP contribution in [-0.4, -0.2) is 74.3 Å². The summed E-state index contributed by atoms with van der Waals surface area (Å²) in [5.74, 6) is -3.47. The van der Waals surface area contributed by atoms with Crippen LogP contribution in [0.25, 0.3) is 10.9 Å². The van der Waals surface area contributed by atoms with E-state index >= 15 is 0 Å². The first-order valence-corrected chi connectivity index (χ1v) is 14.5. The number of aliphatic carboxylic acids is 1. The third-order valence-electron chi connectivity index (χ3n) is 7.46. The molecule has 45 heavy (non-hydrogen) atoms. The first kappa shape index (κ1) is 32.7. The number of carboxylic acids is 1. The van der Waals surface area contributed by atoms with Gasteiger partial charge in [0.05, 0.1) is 6.10 Å². The minimum atomic E-state index is -1.32. The predicted octanol–water partition coefficient (Wildman–Crippen LogP) is 1.15. The highest BCUT2D eigenvalue weighted by Gasteiger charge is 2.32. The summed E-state index contributed by atoms with van der Waals surface area (Å²) in [5.41, 5.74) is 8.62. The predicted molar refractivity (Wildman–Crippen MR) is 167 cm³/mol. The summed E-state index contributed by atoms with van der Waals surface area (Å²) in [6.45, 7) is 1.34. The Morgan fingerprint density at radius 3 is 1.91 bits per heavy atom. The van der Waals surface area contributed by atoms with E-state index in [9.17, 15) is 34.5 Å². The minimum Gasteiger partial charge on any atom is -0.508 e. The molecule has 12 nitrogen and oxygen atoms in total. The zero-order valence-corrected chi connectivity index (χ0v) is 24.6. The number of aromatic nitrogens is 1. The molecule has 0 saturated heterocycles. The maximum Gasteiger partial charge on any atom is 0.326 e. The van der Waals surface area contributed by atoms with Crippen LogP contribution in [0.2, 0.25) is 0 Å². The molecule has 1 aromatic heterocycles. The Bertz CT molecular complexity index is 1620. The maximum absolute atomic E-state index is 13.8. The number of H-pyrrole nitrogens is 1. The monoisotopic (exact) mass is 615 g/mol. The van der Waals surface area contributed by atoms with E-state index in [-0.39, 0.29) is 25.0 Å². The number of rotatable bonds is 14. The van der Waals surface area contributed by atoms with Gasteiger partial charge in [0.2, 0.25) is 17.7 Å². The number of hydrogen-bond acceptors (Lipinski definition) is 7. The molecule has 0 aliphatic heterocycles. The molecule has 1 heterocycles. The Kier molecular flexibility index (Phi) is 10.9. The zero-order chi connectivity index (χ0) is 32.5. The van der Waals surface area contributed by atoms with Gasteiger partial charge >= 0.3 is 5.97 Å². The minimum absolute atomic E-state index is 0.00628. The van der Waals surface area contributed by atoms with E-state index in [0.717, 1.165) is 10.9 Å². The van der Waals surface area contributed by atoms with Crippen LogP contribution in [0.1, 0.15) is 23.6 Å². The summed E-state index contributed by atoms with van der Waals surface area (Å²) in [4.78, 5) is 55.6. The number of benzene rings is 3. The highest BCUT2D eigenvalue weighted by atomic mass is 16.4. The first-order valence-electron chi connectivity index (χ1n) is 14.5. The van der Waals surface area contributed by atoms with Crippen LogP contribution in [0.3, 0.4) is 0 Å². The number of amides is 3. The molecule has 3 aromatic carbocycles. The molecule has 0 aliphatic carbocycles. The van der Waals surface area contributed by atoms with Gasteiger partial charge in [-0.25, -0.2) is 4.79 Å². The molecule has 0 spiro atoms. The average Bonchev–Trinajstić information content (AvgIpc) is 3.43. The molecule has 0 fully saturated rings. The SMILES string of the molecule is CC(O)C(N)C(=O)NC(Cc1ccc(O)cc1)C(=O)NC(Cc1c[nH]c2ccccc12)C(=O)NC(Cc1ccccc1)C(=O)O. The van der Waals surface area contributed by atoms with Crippen LogP contribution in [-0.2, 0) is 38.4 Å². The van der Waals surface area contributed by atoms with Crippen molar-refractivity contribution in [1.29, 1.82) is 0 Å². The quantitative estimate of drug-likeness (QED) is 0.103. The molecule has 236 valence electrons. The standard InChI is InChI=1S/C33H37N5O7/c1-19(39)29(34)32(43)37-26(15-21-11-13-23(40)14-12-21)30(41)36-27(17-22-18-35-25-10-6-5-9-24(22)25)31(42)38-28(33(44)45)16-20-7-3-2-4-8-20/h2-14,18-19,26-29,35,39-40H,15-17,34H2,1H3,(H,36,41)(H,37,43)(H,38,42)(H,44,45). The Morgan fingerprint density at radius 2 is 1.27 bits per heavy atom. The second-order valence-corrected chi connectivity index (χ2v) is 10.9. The number of aliphatic hydroxyl groups is 1. The molecule has 4 aromatic rings. The fourth-order valence-electron chi connectivity index (χ4n) is 4.89. The van der Waals surface area contributed by atoms with E-state index in [0.29, 0.717) is 16.7 Å². The summed E-state index contributed by atoms with van der Waals surface area (Å²) in [6, 6.07) is 17.2. The van der Waals surface area contributed by atoms with E-state index in [4.69, 9.17) is 5.73 Å². The number of nitrogens with one attached hydrogen (secondary N) is 4. The molecule has 0 saturated carbocycles. The molecule has 12 heteroatoms. The van der Waals surface area contributed by atoms with E-state index in [1.54, 1.807) is 48.7 Å². The van der Waals surface area contributed by atoms with Crippen molar-refractivity contribution in [1.82, 2.24) is 20.9 Å². The van der Waals surface area contributed by atoms with E-state index < -0.39 is 54.0 Å². The molecule has 5 unspecified atom stereocenters. The van der Waals surface area contributed by atoms with Crippen molar-refractivity contribution in [2.45, 2.75) is 56.5 Å². The number of para-hydroxylation sites is 1. The topological polar surface area (TPSA) is 207 Å². The van der Waals surface area contributed by atoms with Crippen molar-refractivity contribution in [2.75, 3.05) is 0 Å². The summed E-state index contributed by atoms with van der Waals surface area (Å²) in [7, 11) is 0. The van der Waals surface area contributed by atoms with Crippen molar-refractivity contribution < 1.29 is 34.5 Å². The molecule has 0 aliphatic rings. The molecular formula is C33H37N5O7. The number of aromatic amines is 1. The molecular weight excluding hydrogens is 578 g/mol. The van der Waals surface area contributed by atoms with Crippen LogP contribution < -0.4 is 21.7 Å². The highest BCUT2D eigenvalue weighted by molar-refractivity contribution is 5.95. The summed E-state index contributed by atoms with van der Waals surface area (Å²) in [5, 5.41) is 38.1. The molecule has 0 bridgehead atoms. The number of aliphatic hydroxyl groups excluding tert-OH is 1. The van der Waals surface area contributed by atoms with E-state index in [2.05, 4.69) is 20.9 Å². The van der Waals surface area contributed by atoms with Gasteiger partial charge in [-0.3, -0.25) is 14.4 Å². The number of phenols is 1. The largest absolute Gasteiger partial charge is 0.508 e. The first-order chi connectivity index (χ1) is 21.5. The summed E-state index contributed by atoms with van der Waals surface area (Å²) >= 11 is 0. The number of aromatic hydroxyl groups is 1. The number of fused-ring (bicyclic) bond motifs is 1. The highest BCUT2D eigenvalue weighted by Crippen LogP contribution is 2.20. The third-order valence-corrected chi connectivity index (χ3v) is 7.46. The van der Waals surface area contributed by atoms with Crippen LogP contribution in [0.15, 0.2) is 85.1 Å². The van der Waals surface area contributed by atoms with Gasteiger partial charge in [-0.1, -0.05) is 60.7 Å². The number of carboxylic acid groups (broad SMARTS) is 1. The number of carbonyl (C=O) groups is 4. The van der Waals surface area contributed by atoms with Crippen molar-refractivity contribution in [3.05, 3.63) is 102 Å². The van der Waals surface area contributed by atoms with Gasteiger partial charge < -0.3 is 42.0 Å². The van der Waals surface area contributed by atoms with Crippen LogP contribution in [0, 0.1) is 0 Å². The van der Waals surface area contributed by atoms with Crippen LogP contribution in [0.5, 0.6) is 5.75 Å². The average molecular weight is 616 g/mol. The van der Waals surface area contributed by atoms with Gasteiger partial charge in [0.1, 0.15) is 29.9 Å². The van der Waals surface area contributed by atoms with Gasteiger partial charge in [0, 0.05) is 36.4 Å². The van der Waals surface area contributed by atoms with Crippen molar-refractivity contribution in [3.63, 3.8) is 0 Å². The number of carbonyl (C=O) groups excluding carboxylic acids is 3. The van der Waals surface area contributed by atoms with Crippen molar-refractivity contribution in [2.24, 2.45) is 5.73 Å². The van der Waals surface area contributed by atoms with Gasteiger partial charge in [0.25, 0.3) is 0 Å². The van der Waals surface area contributed by atoms with Crippen LogP contribution in [0.4, 0.5) is 0 Å². The smallest absolute Gasteiger partial charge is 0.326 e. The molecule has 4 rings (SSSR count). The molecule has 0 radical (unpaired) electrons. The Hall–Kier alpha value is -5.20. The number of nitrogens with two attached hydrogens (primary N) is 1. The van der Waals surface area contributed by atoms with Gasteiger partial charge in [-0.2, -0.15) is 0 Å². The van der Waals surface area contributed by atoms with Gasteiger partial charge in [0.15, 0.2) is 0 Å². The van der Waals surface area contributed by atoms with E-state index in [1.165, 1.54) is 19.1 Å². The summed E-state index contributed by atoms with van der Waals surface area (Å²) in [6.07, 6.45) is 0.518. The lowest BCUT2D eigenvalue weighted by Gasteiger charge is -2.26. The van der Waals surface area contributed by atoms with Gasteiger partial charge in [-0.05, 0) is 41.8 Å². The lowest BCUT2D eigenvalue weighted by Crippen LogP contribution is -2.59. The fourth-order valence-corrected chi connectivity index (χ4v) is 4.89.